The van der Waals surface area contributed by atoms with Gasteiger partial charge in [-0.15, -0.1) is 11.6 Å². The molecule has 1 heterocycles. The molecule has 0 amide bonds. The molecule has 0 aliphatic heterocycles. The second-order valence-corrected chi connectivity index (χ2v) is 3.55. The van der Waals surface area contributed by atoms with E-state index in [-0.39, 0.29) is 5.56 Å². The fraction of sp³-hybridized carbons (Fsp3) is 0.182. The lowest BCUT2D eigenvalue weighted by Crippen LogP contribution is -2.19. The topological polar surface area (TPSA) is 26.9 Å². The third kappa shape index (κ3) is 1.70. The van der Waals surface area contributed by atoms with Gasteiger partial charge in [0.25, 0.3) is 5.56 Å². The monoisotopic (exact) mass is 222 g/mol. The lowest BCUT2D eigenvalue weighted by molar-refractivity contribution is 0.627. The van der Waals surface area contributed by atoms with Crippen molar-refractivity contribution >= 4 is 11.6 Å². The first-order valence-corrected chi connectivity index (χ1v) is 5.17. The standard InChI is InChI=1S/C11H11ClN2O/c1-13-10(8-12)7-11(15)14(13)9-5-3-2-4-6-9/h2-7H,8H2,1H3. The largest absolute Gasteiger partial charge is 0.284 e. The van der Waals surface area contributed by atoms with Crippen LogP contribution in [0.4, 0.5) is 0 Å². The summed E-state index contributed by atoms with van der Waals surface area (Å²) in [5.74, 6) is 0.339. The Bertz CT molecular complexity index is 513. The van der Waals surface area contributed by atoms with Gasteiger partial charge in [0.1, 0.15) is 0 Å². The van der Waals surface area contributed by atoms with E-state index in [0.717, 1.165) is 11.4 Å². The highest BCUT2D eigenvalue weighted by atomic mass is 35.5. The fourth-order valence-corrected chi connectivity index (χ4v) is 1.82. The summed E-state index contributed by atoms with van der Waals surface area (Å²) in [6, 6.07) is 11.0. The molecule has 0 aliphatic carbocycles. The van der Waals surface area contributed by atoms with E-state index in [1.54, 1.807) is 15.4 Å². The van der Waals surface area contributed by atoms with E-state index >= 15 is 0 Å². The van der Waals surface area contributed by atoms with E-state index < -0.39 is 0 Å². The van der Waals surface area contributed by atoms with Gasteiger partial charge in [0.2, 0.25) is 0 Å². The number of hydrogen-bond acceptors (Lipinski definition) is 1. The van der Waals surface area contributed by atoms with Gasteiger partial charge in [0.15, 0.2) is 0 Å². The molecule has 0 saturated heterocycles. The highest BCUT2D eigenvalue weighted by Gasteiger charge is 2.07. The highest BCUT2D eigenvalue weighted by molar-refractivity contribution is 6.16. The summed E-state index contributed by atoms with van der Waals surface area (Å²) in [6.45, 7) is 0. The summed E-state index contributed by atoms with van der Waals surface area (Å²) in [7, 11) is 1.83. The number of hydrogen-bond donors (Lipinski definition) is 0. The zero-order valence-corrected chi connectivity index (χ0v) is 9.11. The maximum absolute atomic E-state index is 11.7. The first kappa shape index (κ1) is 10.1. The Morgan fingerprint density at radius 1 is 1.27 bits per heavy atom. The van der Waals surface area contributed by atoms with Gasteiger partial charge in [0.05, 0.1) is 17.3 Å². The fourth-order valence-electron chi connectivity index (χ4n) is 1.57. The first-order valence-electron chi connectivity index (χ1n) is 4.63. The van der Waals surface area contributed by atoms with Crippen LogP contribution in [0, 0.1) is 0 Å². The minimum atomic E-state index is -0.0562. The molecule has 4 heteroatoms. The van der Waals surface area contributed by atoms with Gasteiger partial charge < -0.3 is 0 Å². The molecule has 0 radical (unpaired) electrons. The van der Waals surface area contributed by atoms with Crippen molar-refractivity contribution < 1.29 is 0 Å². The molecule has 3 nitrogen and oxygen atoms in total. The zero-order chi connectivity index (χ0) is 10.8. The summed E-state index contributed by atoms with van der Waals surface area (Å²) >= 11 is 5.73. The van der Waals surface area contributed by atoms with Gasteiger partial charge in [0, 0.05) is 13.1 Å². The van der Waals surface area contributed by atoms with Crippen molar-refractivity contribution in [2.45, 2.75) is 5.88 Å². The lowest BCUT2D eigenvalue weighted by atomic mass is 10.3. The molecule has 0 bridgehead atoms. The molecule has 0 fully saturated rings. The molecular weight excluding hydrogens is 212 g/mol. The number of aromatic nitrogens is 2. The summed E-state index contributed by atoms with van der Waals surface area (Å²) in [5, 5.41) is 0. The minimum absolute atomic E-state index is 0.0562. The molecule has 1 aromatic heterocycles. The van der Waals surface area contributed by atoms with Crippen molar-refractivity contribution in [1.29, 1.82) is 0 Å². The number of nitrogens with zero attached hydrogens (tertiary/aromatic N) is 2. The third-order valence-corrected chi connectivity index (χ3v) is 2.63. The molecule has 0 N–H and O–H groups in total. The molecule has 0 atom stereocenters. The SMILES string of the molecule is Cn1c(CCl)cc(=O)n1-c1ccccc1. The van der Waals surface area contributed by atoms with Crippen LogP contribution in [-0.4, -0.2) is 9.36 Å². The summed E-state index contributed by atoms with van der Waals surface area (Å²) in [4.78, 5) is 11.7. The van der Waals surface area contributed by atoms with Crippen LogP contribution in [0.15, 0.2) is 41.2 Å². The van der Waals surface area contributed by atoms with Crippen molar-refractivity contribution in [3.8, 4) is 5.69 Å². The van der Waals surface area contributed by atoms with Crippen molar-refractivity contribution in [3.05, 3.63) is 52.4 Å². The van der Waals surface area contributed by atoms with Gasteiger partial charge in [-0.3, -0.25) is 9.48 Å². The van der Waals surface area contributed by atoms with Gasteiger partial charge >= 0.3 is 0 Å². The Hall–Kier alpha value is -1.48. The maximum Gasteiger partial charge on any atom is 0.271 e. The van der Waals surface area contributed by atoms with Crippen molar-refractivity contribution in [2.24, 2.45) is 7.05 Å². The van der Waals surface area contributed by atoms with E-state index in [9.17, 15) is 4.79 Å². The number of para-hydroxylation sites is 1. The maximum atomic E-state index is 11.7. The molecule has 0 unspecified atom stereocenters. The summed E-state index contributed by atoms with van der Waals surface area (Å²) < 4.78 is 3.36. The van der Waals surface area contributed by atoms with Crippen LogP contribution in [-0.2, 0) is 12.9 Å². The number of benzene rings is 1. The average Bonchev–Trinajstić information content (AvgIpc) is 2.55. The third-order valence-electron chi connectivity index (χ3n) is 2.35. The van der Waals surface area contributed by atoms with Gasteiger partial charge in [-0.25, -0.2) is 4.68 Å². The number of halogens is 1. The summed E-state index contributed by atoms with van der Waals surface area (Å²) in [5.41, 5.74) is 1.60. The molecule has 0 saturated carbocycles. The smallest absolute Gasteiger partial charge is 0.271 e. The molecule has 15 heavy (non-hydrogen) atoms. The van der Waals surface area contributed by atoms with Crippen molar-refractivity contribution in [1.82, 2.24) is 9.36 Å². The second-order valence-electron chi connectivity index (χ2n) is 3.28. The molecule has 2 aromatic rings. The van der Waals surface area contributed by atoms with Crippen LogP contribution >= 0.6 is 11.6 Å². The van der Waals surface area contributed by atoms with Crippen LogP contribution in [0.2, 0.25) is 0 Å². The number of rotatable bonds is 2. The van der Waals surface area contributed by atoms with Gasteiger partial charge in [-0.1, -0.05) is 18.2 Å². The Labute approximate surface area is 92.5 Å². The van der Waals surface area contributed by atoms with Gasteiger partial charge in [-0.2, -0.15) is 0 Å². The molecule has 0 spiro atoms. The predicted octanol–water partition coefficient (Wildman–Crippen LogP) is 1.91. The Balaban J connectivity index is 2.64. The highest BCUT2D eigenvalue weighted by Crippen LogP contribution is 2.07. The Morgan fingerprint density at radius 2 is 1.93 bits per heavy atom. The van der Waals surface area contributed by atoms with Crippen molar-refractivity contribution in [2.75, 3.05) is 0 Å². The quantitative estimate of drug-likeness (QED) is 0.714. The Kier molecular flexibility index (Phi) is 2.64. The molecule has 0 aliphatic rings. The van der Waals surface area contributed by atoms with Crippen LogP contribution in [0.5, 0.6) is 0 Å². The van der Waals surface area contributed by atoms with E-state index in [0.29, 0.717) is 5.88 Å². The summed E-state index contributed by atoms with van der Waals surface area (Å²) in [6.07, 6.45) is 0. The van der Waals surface area contributed by atoms with Crippen LogP contribution in [0.1, 0.15) is 5.69 Å². The van der Waals surface area contributed by atoms with Gasteiger partial charge in [-0.05, 0) is 12.1 Å². The normalized spacial score (nSPS) is 10.5. The molecule has 78 valence electrons. The van der Waals surface area contributed by atoms with E-state index in [4.69, 9.17) is 11.6 Å². The molecule has 1 aromatic carbocycles. The molecule has 2 rings (SSSR count). The Morgan fingerprint density at radius 3 is 2.47 bits per heavy atom. The predicted molar refractivity (Wildman–Crippen MR) is 60.6 cm³/mol. The van der Waals surface area contributed by atoms with E-state index in [1.165, 1.54) is 0 Å². The molecular formula is C11H11ClN2O. The van der Waals surface area contributed by atoms with Crippen LogP contribution in [0.25, 0.3) is 5.69 Å². The minimum Gasteiger partial charge on any atom is -0.284 e. The van der Waals surface area contributed by atoms with E-state index in [2.05, 4.69) is 0 Å². The van der Waals surface area contributed by atoms with Crippen LogP contribution in [0.3, 0.4) is 0 Å². The van der Waals surface area contributed by atoms with Crippen LogP contribution < -0.4 is 5.56 Å². The first-order chi connectivity index (χ1) is 7.24. The van der Waals surface area contributed by atoms with Crippen molar-refractivity contribution in [3.63, 3.8) is 0 Å². The lowest BCUT2D eigenvalue weighted by Gasteiger charge is -2.08. The number of alkyl halides is 1. The second kappa shape index (κ2) is 3.95. The van der Waals surface area contributed by atoms with E-state index in [1.807, 2.05) is 37.4 Å². The average molecular weight is 223 g/mol. The zero-order valence-electron chi connectivity index (χ0n) is 8.35.